The molecule has 0 radical (unpaired) electrons. The number of aromatic nitrogens is 3. The van der Waals surface area contributed by atoms with Crippen LogP contribution in [0.5, 0.6) is 0 Å². The van der Waals surface area contributed by atoms with E-state index in [1.807, 2.05) is 28.7 Å². The van der Waals surface area contributed by atoms with Crippen molar-refractivity contribution in [2.45, 2.75) is 10.1 Å². The Bertz CT molecular complexity index is 1150. The molecule has 25 heavy (non-hydrogen) atoms. The predicted molar refractivity (Wildman–Crippen MR) is 94.1 cm³/mol. The second-order valence-electron chi connectivity index (χ2n) is 5.08. The predicted octanol–water partition coefficient (Wildman–Crippen LogP) is 3.10. The molecular weight excluding hydrogens is 362 g/mol. The van der Waals surface area contributed by atoms with E-state index in [1.54, 1.807) is 0 Å². The lowest BCUT2D eigenvalue weighted by molar-refractivity contribution is -0.387. The quantitative estimate of drug-likeness (QED) is 0.435. The van der Waals surface area contributed by atoms with E-state index in [-0.39, 0.29) is 11.3 Å². The molecule has 0 spiro atoms. The summed E-state index contributed by atoms with van der Waals surface area (Å²) >= 11 is 2.61. The summed E-state index contributed by atoms with van der Waals surface area (Å²) in [7, 11) is 0. The fourth-order valence-electron chi connectivity index (χ4n) is 2.42. The molecule has 0 unspecified atom stereocenters. The number of carbonyl (C=O) groups excluding carboxylic acids is 1. The van der Waals surface area contributed by atoms with E-state index in [2.05, 4.69) is 10.2 Å². The number of nitro benzene ring substituents is 1. The first-order valence-electron chi connectivity index (χ1n) is 7.03. The van der Waals surface area contributed by atoms with Gasteiger partial charge in [-0.3, -0.25) is 19.3 Å². The summed E-state index contributed by atoms with van der Waals surface area (Å²) in [5.74, 6) is -0.714. The van der Waals surface area contributed by atoms with Crippen molar-refractivity contribution in [1.29, 1.82) is 0 Å². The summed E-state index contributed by atoms with van der Waals surface area (Å²) in [6, 6.07) is 11.9. The number of hydrogen-bond donors (Lipinski definition) is 1. The van der Waals surface area contributed by atoms with E-state index >= 15 is 0 Å². The highest BCUT2D eigenvalue weighted by Gasteiger charge is 2.21. The number of fused-ring (bicyclic) bond motifs is 3. The number of benzene rings is 2. The van der Waals surface area contributed by atoms with Gasteiger partial charge < -0.3 is 5.73 Å². The highest BCUT2D eigenvalue weighted by molar-refractivity contribution is 7.99. The maximum absolute atomic E-state index is 11.4. The SMILES string of the molecule is NC(=O)c1ccc(Sc2nnc3sc4ccccc4n23)c([N+](=O)[O-])c1. The van der Waals surface area contributed by atoms with Crippen LogP contribution in [0.15, 0.2) is 52.5 Å². The van der Waals surface area contributed by atoms with Crippen molar-refractivity contribution in [2.24, 2.45) is 5.73 Å². The zero-order valence-electron chi connectivity index (χ0n) is 12.4. The number of nitrogens with zero attached hydrogens (tertiary/aromatic N) is 4. The topological polar surface area (TPSA) is 116 Å². The summed E-state index contributed by atoms with van der Waals surface area (Å²) in [6.07, 6.45) is 0. The van der Waals surface area contributed by atoms with Crippen molar-refractivity contribution in [3.8, 4) is 0 Å². The van der Waals surface area contributed by atoms with Gasteiger partial charge in [0.25, 0.3) is 5.69 Å². The number of nitro groups is 1. The average Bonchev–Trinajstić information content (AvgIpc) is 3.14. The standard InChI is InChI=1S/C15H9N5O3S2/c16-13(21)8-5-6-12(10(7-8)20(22)23)25-15-18-17-14-19(15)9-3-1-2-4-11(9)24-14/h1-7H,(H2,16,21). The summed E-state index contributed by atoms with van der Waals surface area (Å²) < 4.78 is 2.91. The van der Waals surface area contributed by atoms with Gasteiger partial charge in [-0.2, -0.15) is 0 Å². The van der Waals surface area contributed by atoms with Gasteiger partial charge in [-0.15, -0.1) is 10.2 Å². The van der Waals surface area contributed by atoms with Crippen molar-refractivity contribution >= 4 is 49.9 Å². The molecule has 0 bridgehead atoms. The number of thiazole rings is 1. The maximum Gasteiger partial charge on any atom is 0.284 e. The molecule has 4 rings (SSSR count). The van der Waals surface area contributed by atoms with Crippen LogP contribution in [0.1, 0.15) is 10.4 Å². The van der Waals surface area contributed by atoms with Gasteiger partial charge in [0.2, 0.25) is 16.0 Å². The first kappa shape index (κ1) is 15.5. The molecule has 0 aliphatic carbocycles. The van der Waals surface area contributed by atoms with Gasteiger partial charge in [-0.1, -0.05) is 23.5 Å². The molecule has 0 saturated heterocycles. The largest absolute Gasteiger partial charge is 0.366 e. The summed E-state index contributed by atoms with van der Waals surface area (Å²) in [6.45, 7) is 0. The molecule has 0 atom stereocenters. The molecule has 0 aliphatic heterocycles. The lowest BCUT2D eigenvalue weighted by Gasteiger charge is -2.03. The second-order valence-corrected chi connectivity index (χ2v) is 7.09. The van der Waals surface area contributed by atoms with Crippen LogP contribution in [0.25, 0.3) is 15.2 Å². The number of carbonyl (C=O) groups is 1. The Morgan fingerprint density at radius 3 is 2.80 bits per heavy atom. The van der Waals surface area contributed by atoms with Crippen molar-refractivity contribution in [3.63, 3.8) is 0 Å². The molecule has 2 aromatic heterocycles. The summed E-state index contributed by atoms with van der Waals surface area (Å²) in [5, 5.41) is 20.1. The molecule has 1 amide bonds. The smallest absolute Gasteiger partial charge is 0.284 e. The lowest BCUT2D eigenvalue weighted by atomic mass is 10.2. The van der Waals surface area contributed by atoms with E-state index in [1.165, 1.54) is 29.5 Å². The van der Waals surface area contributed by atoms with Crippen LogP contribution in [0.2, 0.25) is 0 Å². The zero-order chi connectivity index (χ0) is 17.6. The van der Waals surface area contributed by atoms with Gasteiger partial charge in [0.05, 0.1) is 20.0 Å². The highest BCUT2D eigenvalue weighted by atomic mass is 32.2. The number of para-hydroxylation sites is 1. The molecule has 4 aromatic rings. The van der Waals surface area contributed by atoms with Gasteiger partial charge in [-0.25, -0.2) is 0 Å². The molecule has 0 saturated carbocycles. The number of amides is 1. The van der Waals surface area contributed by atoms with Crippen molar-refractivity contribution in [3.05, 3.63) is 58.1 Å². The Balaban J connectivity index is 1.84. The van der Waals surface area contributed by atoms with E-state index in [9.17, 15) is 14.9 Å². The minimum Gasteiger partial charge on any atom is -0.366 e. The monoisotopic (exact) mass is 371 g/mol. The number of rotatable bonds is 4. The van der Waals surface area contributed by atoms with Crippen LogP contribution in [0.4, 0.5) is 5.69 Å². The maximum atomic E-state index is 11.4. The molecule has 0 aliphatic rings. The van der Waals surface area contributed by atoms with E-state index in [4.69, 9.17) is 5.73 Å². The Labute approximate surface area is 148 Å². The molecule has 124 valence electrons. The first-order chi connectivity index (χ1) is 12.0. The Kier molecular flexibility index (Phi) is 3.62. The van der Waals surface area contributed by atoms with E-state index < -0.39 is 10.8 Å². The Hall–Kier alpha value is -2.98. The molecule has 2 N–H and O–H groups in total. The molecule has 2 aromatic carbocycles. The van der Waals surface area contributed by atoms with Gasteiger partial charge in [0, 0.05) is 11.6 Å². The number of hydrogen-bond acceptors (Lipinski definition) is 7. The molecule has 0 fully saturated rings. The third-order valence-electron chi connectivity index (χ3n) is 3.55. The van der Waals surface area contributed by atoms with Crippen LogP contribution in [0, 0.1) is 10.1 Å². The van der Waals surface area contributed by atoms with Crippen LogP contribution in [-0.2, 0) is 0 Å². The number of nitrogens with two attached hydrogens (primary N) is 1. The molecule has 8 nitrogen and oxygen atoms in total. The lowest BCUT2D eigenvalue weighted by Crippen LogP contribution is -2.11. The van der Waals surface area contributed by atoms with Crippen LogP contribution in [-0.4, -0.2) is 25.4 Å². The molecule has 10 heteroatoms. The fourth-order valence-corrected chi connectivity index (χ4v) is 4.37. The highest BCUT2D eigenvalue weighted by Crippen LogP contribution is 2.37. The number of primary amides is 1. The normalized spacial score (nSPS) is 11.2. The summed E-state index contributed by atoms with van der Waals surface area (Å²) in [5.41, 5.74) is 6.02. The van der Waals surface area contributed by atoms with Crippen LogP contribution < -0.4 is 5.73 Å². The van der Waals surface area contributed by atoms with Crippen LogP contribution in [0.3, 0.4) is 0 Å². The van der Waals surface area contributed by atoms with Gasteiger partial charge in [0.1, 0.15) is 0 Å². The Morgan fingerprint density at radius 1 is 1.24 bits per heavy atom. The van der Waals surface area contributed by atoms with Crippen molar-refractivity contribution in [1.82, 2.24) is 14.6 Å². The van der Waals surface area contributed by atoms with Crippen molar-refractivity contribution in [2.75, 3.05) is 0 Å². The van der Waals surface area contributed by atoms with E-state index in [0.717, 1.165) is 22.0 Å². The summed E-state index contributed by atoms with van der Waals surface area (Å²) in [4.78, 5) is 23.1. The van der Waals surface area contributed by atoms with Gasteiger partial charge in [0.15, 0.2) is 0 Å². The van der Waals surface area contributed by atoms with Gasteiger partial charge >= 0.3 is 0 Å². The average molecular weight is 371 g/mol. The second kappa shape index (κ2) is 5.83. The first-order valence-corrected chi connectivity index (χ1v) is 8.66. The fraction of sp³-hybridized carbons (Fsp3) is 0. The molecular formula is C15H9N5O3S2. The minimum atomic E-state index is -0.714. The third-order valence-corrected chi connectivity index (χ3v) is 5.58. The minimum absolute atomic E-state index is 0.0865. The van der Waals surface area contributed by atoms with Gasteiger partial charge in [-0.05, 0) is 36.0 Å². The van der Waals surface area contributed by atoms with Crippen LogP contribution >= 0.6 is 23.1 Å². The third kappa shape index (κ3) is 2.61. The Morgan fingerprint density at radius 2 is 2.04 bits per heavy atom. The molecule has 2 heterocycles. The van der Waals surface area contributed by atoms with E-state index in [0.29, 0.717) is 15.0 Å². The van der Waals surface area contributed by atoms with Crippen molar-refractivity contribution < 1.29 is 9.72 Å². The zero-order valence-corrected chi connectivity index (χ0v) is 14.1.